The van der Waals surface area contributed by atoms with E-state index in [2.05, 4.69) is 17.2 Å². The summed E-state index contributed by atoms with van der Waals surface area (Å²) < 4.78 is 13.2. The fraction of sp³-hybridized carbons (Fsp3) is 0.294. The maximum Gasteiger partial charge on any atom is 0.272 e. The number of anilines is 2. The molecule has 0 aliphatic heterocycles. The van der Waals surface area contributed by atoms with Crippen LogP contribution in [0.1, 0.15) is 30.3 Å². The Morgan fingerprint density at radius 3 is 2.77 bits per heavy atom. The van der Waals surface area contributed by atoms with Crippen LogP contribution in [0.5, 0.6) is 0 Å². The fourth-order valence-electron chi connectivity index (χ4n) is 2.05. The van der Waals surface area contributed by atoms with Crippen LogP contribution in [0.4, 0.5) is 15.8 Å². The second kappa shape index (κ2) is 7.54. The third-order valence-corrected chi connectivity index (χ3v) is 3.29. The Balaban J connectivity index is 2.11. The van der Waals surface area contributed by atoms with Crippen LogP contribution in [0.3, 0.4) is 0 Å². The highest BCUT2D eigenvalue weighted by Gasteiger charge is 2.13. The van der Waals surface area contributed by atoms with Gasteiger partial charge in [-0.3, -0.25) is 9.78 Å². The van der Waals surface area contributed by atoms with E-state index in [9.17, 15) is 9.18 Å². The summed E-state index contributed by atoms with van der Waals surface area (Å²) in [5.41, 5.74) is 1.71. The third kappa shape index (κ3) is 4.28. The van der Waals surface area contributed by atoms with E-state index in [0.29, 0.717) is 23.6 Å². The first-order chi connectivity index (χ1) is 10.6. The van der Waals surface area contributed by atoms with Gasteiger partial charge in [0.25, 0.3) is 5.91 Å². The van der Waals surface area contributed by atoms with Gasteiger partial charge in [0.05, 0.1) is 0 Å². The van der Waals surface area contributed by atoms with Crippen LogP contribution < -0.4 is 5.32 Å². The number of halogens is 1. The average Bonchev–Trinajstić information content (AvgIpc) is 2.52. The van der Waals surface area contributed by atoms with Crippen LogP contribution in [0.2, 0.25) is 0 Å². The van der Waals surface area contributed by atoms with Crippen molar-refractivity contribution in [3.63, 3.8) is 0 Å². The van der Waals surface area contributed by atoms with Gasteiger partial charge in [-0.25, -0.2) is 4.39 Å². The van der Waals surface area contributed by atoms with Crippen LogP contribution in [-0.2, 0) is 0 Å². The monoisotopic (exact) mass is 301 g/mol. The summed E-state index contributed by atoms with van der Waals surface area (Å²) in [7, 11) is 1.77. The number of rotatable bonds is 6. The van der Waals surface area contributed by atoms with Crippen LogP contribution in [0.15, 0.2) is 42.6 Å². The molecule has 116 valence electrons. The van der Waals surface area contributed by atoms with Gasteiger partial charge in [0.15, 0.2) is 0 Å². The average molecular weight is 301 g/mol. The van der Waals surface area contributed by atoms with E-state index in [-0.39, 0.29) is 11.7 Å². The quantitative estimate of drug-likeness (QED) is 0.882. The molecule has 0 saturated heterocycles. The van der Waals surface area contributed by atoms with Gasteiger partial charge in [0.2, 0.25) is 0 Å². The first-order valence-corrected chi connectivity index (χ1v) is 7.34. The molecule has 0 saturated carbocycles. The largest absolute Gasteiger partial charge is 0.355 e. The van der Waals surface area contributed by atoms with E-state index in [1.54, 1.807) is 42.4 Å². The van der Waals surface area contributed by atoms with E-state index < -0.39 is 0 Å². The number of unbranched alkanes of at least 4 members (excludes halogenated alkanes) is 1. The van der Waals surface area contributed by atoms with Crippen LogP contribution >= 0.6 is 0 Å². The van der Waals surface area contributed by atoms with Crippen molar-refractivity contribution in [1.29, 1.82) is 0 Å². The number of benzene rings is 1. The maximum absolute atomic E-state index is 13.2. The summed E-state index contributed by atoms with van der Waals surface area (Å²) in [5, 5.41) is 3.07. The lowest BCUT2D eigenvalue weighted by Gasteiger charge is -2.16. The van der Waals surface area contributed by atoms with Gasteiger partial charge in [-0.1, -0.05) is 19.4 Å². The van der Waals surface area contributed by atoms with Crippen molar-refractivity contribution < 1.29 is 9.18 Å². The summed E-state index contributed by atoms with van der Waals surface area (Å²) >= 11 is 0. The molecule has 0 spiro atoms. The lowest BCUT2D eigenvalue weighted by Crippen LogP contribution is -2.28. The molecule has 1 amide bonds. The number of amides is 1. The topological polar surface area (TPSA) is 45.2 Å². The first-order valence-electron chi connectivity index (χ1n) is 7.34. The molecular formula is C17H20FN3O. The molecule has 0 unspecified atom stereocenters. The van der Waals surface area contributed by atoms with E-state index in [1.807, 2.05) is 0 Å². The zero-order chi connectivity index (χ0) is 15.9. The Bertz CT molecular complexity index is 645. The minimum Gasteiger partial charge on any atom is -0.355 e. The molecule has 0 fully saturated rings. The molecule has 2 aromatic rings. The molecular weight excluding hydrogens is 281 g/mol. The van der Waals surface area contributed by atoms with Crippen molar-refractivity contribution in [2.75, 3.05) is 18.9 Å². The third-order valence-electron chi connectivity index (χ3n) is 3.29. The molecule has 0 bridgehead atoms. The highest BCUT2D eigenvalue weighted by atomic mass is 19.1. The summed E-state index contributed by atoms with van der Waals surface area (Å²) in [6.45, 7) is 2.79. The molecule has 1 heterocycles. The second-order valence-corrected chi connectivity index (χ2v) is 5.15. The molecule has 1 aromatic carbocycles. The van der Waals surface area contributed by atoms with Gasteiger partial charge in [0.1, 0.15) is 11.5 Å². The molecule has 22 heavy (non-hydrogen) atoms. The SMILES string of the molecule is CCCCN(C)C(=O)c1cc(Nc2cccc(F)c2)ccn1. The lowest BCUT2D eigenvalue weighted by molar-refractivity contribution is 0.0787. The first kappa shape index (κ1) is 15.9. The summed E-state index contributed by atoms with van der Waals surface area (Å²) in [4.78, 5) is 18.1. The maximum atomic E-state index is 13.2. The molecule has 0 aliphatic rings. The molecule has 1 aromatic heterocycles. The summed E-state index contributed by atoms with van der Waals surface area (Å²) in [6, 6.07) is 9.59. The Kier molecular flexibility index (Phi) is 5.47. The molecule has 5 heteroatoms. The van der Waals surface area contributed by atoms with Gasteiger partial charge in [-0.05, 0) is 36.8 Å². The van der Waals surface area contributed by atoms with Crippen LogP contribution in [0.25, 0.3) is 0 Å². The van der Waals surface area contributed by atoms with Crippen LogP contribution in [-0.4, -0.2) is 29.4 Å². The molecule has 1 N–H and O–H groups in total. The minimum absolute atomic E-state index is 0.114. The number of hydrogen-bond acceptors (Lipinski definition) is 3. The molecule has 0 atom stereocenters. The number of aromatic nitrogens is 1. The predicted octanol–water partition coefficient (Wildman–Crippen LogP) is 3.84. The molecule has 4 nitrogen and oxygen atoms in total. The van der Waals surface area contributed by atoms with Gasteiger partial charge in [-0.15, -0.1) is 0 Å². The number of carbonyl (C=O) groups is 1. The van der Waals surface area contributed by atoms with Crippen molar-refractivity contribution in [3.05, 3.63) is 54.1 Å². The lowest BCUT2D eigenvalue weighted by atomic mass is 10.2. The molecule has 2 rings (SSSR count). The van der Waals surface area contributed by atoms with E-state index in [0.717, 1.165) is 12.8 Å². The highest BCUT2D eigenvalue weighted by molar-refractivity contribution is 5.93. The standard InChI is InChI=1S/C17H20FN3O/c1-3-4-10-21(2)17(22)16-12-15(8-9-19-16)20-14-7-5-6-13(18)11-14/h5-9,11-12H,3-4,10H2,1-2H3,(H,19,20). The molecule has 0 aliphatic carbocycles. The number of nitrogens with zero attached hydrogens (tertiary/aromatic N) is 2. The van der Waals surface area contributed by atoms with Gasteiger partial charge >= 0.3 is 0 Å². The van der Waals surface area contributed by atoms with Crippen molar-refractivity contribution in [1.82, 2.24) is 9.88 Å². The second-order valence-electron chi connectivity index (χ2n) is 5.15. The van der Waals surface area contributed by atoms with E-state index >= 15 is 0 Å². The number of pyridine rings is 1. The Morgan fingerprint density at radius 2 is 2.05 bits per heavy atom. The summed E-state index contributed by atoms with van der Waals surface area (Å²) in [5.74, 6) is -0.425. The zero-order valence-corrected chi connectivity index (χ0v) is 12.8. The van der Waals surface area contributed by atoms with Crippen molar-refractivity contribution in [2.45, 2.75) is 19.8 Å². The van der Waals surface area contributed by atoms with Gasteiger partial charge < -0.3 is 10.2 Å². The Hall–Kier alpha value is -2.43. The fourth-order valence-corrected chi connectivity index (χ4v) is 2.05. The van der Waals surface area contributed by atoms with E-state index in [4.69, 9.17) is 0 Å². The summed E-state index contributed by atoms with van der Waals surface area (Å²) in [6.07, 6.45) is 3.57. The Morgan fingerprint density at radius 1 is 1.27 bits per heavy atom. The predicted molar refractivity (Wildman–Crippen MR) is 85.8 cm³/mol. The van der Waals surface area contributed by atoms with Crippen LogP contribution in [0, 0.1) is 5.82 Å². The zero-order valence-electron chi connectivity index (χ0n) is 12.8. The van der Waals surface area contributed by atoms with Gasteiger partial charge in [-0.2, -0.15) is 0 Å². The van der Waals surface area contributed by atoms with Crippen molar-refractivity contribution in [3.8, 4) is 0 Å². The Labute approximate surface area is 130 Å². The molecule has 0 radical (unpaired) electrons. The van der Waals surface area contributed by atoms with Gasteiger partial charge in [0, 0.05) is 31.2 Å². The number of carbonyl (C=O) groups excluding carboxylic acids is 1. The highest BCUT2D eigenvalue weighted by Crippen LogP contribution is 2.18. The van der Waals surface area contributed by atoms with Crippen molar-refractivity contribution in [2.24, 2.45) is 0 Å². The smallest absolute Gasteiger partial charge is 0.272 e. The number of nitrogens with one attached hydrogen (secondary N) is 1. The normalized spacial score (nSPS) is 10.3. The minimum atomic E-state index is -0.311. The van der Waals surface area contributed by atoms with E-state index in [1.165, 1.54) is 12.1 Å². The van der Waals surface area contributed by atoms with Crippen molar-refractivity contribution >= 4 is 17.3 Å². The number of hydrogen-bond donors (Lipinski definition) is 1.